The lowest BCUT2D eigenvalue weighted by Gasteiger charge is -2.37. The predicted octanol–water partition coefficient (Wildman–Crippen LogP) is 2.76. The second-order valence-corrected chi connectivity index (χ2v) is 8.46. The summed E-state index contributed by atoms with van der Waals surface area (Å²) in [6.45, 7) is 7.98. The molecule has 0 spiro atoms. The molecule has 0 saturated heterocycles. The van der Waals surface area contributed by atoms with Crippen LogP contribution in [-0.2, 0) is 4.79 Å². The van der Waals surface area contributed by atoms with E-state index in [9.17, 15) is 14.7 Å². The average Bonchev–Trinajstić information content (AvgIpc) is 2.75. The second-order valence-electron chi connectivity index (χ2n) is 8.46. The van der Waals surface area contributed by atoms with Gasteiger partial charge in [0.15, 0.2) is 0 Å². The van der Waals surface area contributed by atoms with E-state index in [4.69, 9.17) is 4.74 Å². The van der Waals surface area contributed by atoms with Crippen molar-refractivity contribution in [3.05, 3.63) is 47.7 Å². The summed E-state index contributed by atoms with van der Waals surface area (Å²) in [5, 5.41) is 9.75. The Hall–Kier alpha value is -2.93. The van der Waals surface area contributed by atoms with Crippen molar-refractivity contribution in [2.45, 2.75) is 39.8 Å². The molecular formula is C24H31N3O4. The monoisotopic (exact) mass is 425 g/mol. The summed E-state index contributed by atoms with van der Waals surface area (Å²) in [4.78, 5) is 33.0. The van der Waals surface area contributed by atoms with Crippen LogP contribution in [0.1, 0.15) is 36.7 Å². The van der Waals surface area contributed by atoms with Crippen LogP contribution in [0.25, 0.3) is 11.1 Å². The molecule has 31 heavy (non-hydrogen) atoms. The molecule has 0 saturated carbocycles. The first-order chi connectivity index (χ1) is 14.7. The Balaban J connectivity index is 2.05. The van der Waals surface area contributed by atoms with Crippen molar-refractivity contribution in [1.29, 1.82) is 0 Å². The van der Waals surface area contributed by atoms with Gasteiger partial charge in [0.05, 0.1) is 19.2 Å². The fraction of sp³-hybridized carbons (Fsp3) is 0.458. The number of aliphatic hydroxyl groups is 1. The number of hydrogen-bond donors (Lipinski definition) is 1. The molecule has 7 nitrogen and oxygen atoms in total. The van der Waals surface area contributed by atoms with Crippen LogP contribution in [-0.4, -0.2) is 70.6 Å². The molecule has 166 valence electrons. The molecule has 1 aromatic heterocycles. The number of ether oxygens (including phenoxy) is 1. The second kappa shape index (κ2) is 9.47. The maximum absolute atomic E-state index is 13.4. The molecule has 1 aliphatic heterocycles. The Morgan fingerprint density at radius 2 is 2.00 bits per heavy atom. The van der Waals surface area contributed by atoms with Gasteiger partial charge in [-0.05, 0) is 25.5 Å². The number of amides is 2. The van der Waals surface area contributed by atoms with Crippen molar-refractivity contribution >= 4 is 11.8 Å². The standard InChI is InChI=1S/C24H31N3O4/c1-15-6-8-19(9-7-15)20-10-21-23(25-11-20)31-22(13-26(5)18(4)29)16(2)12-27(24(21)30)17(3)14-28/h6-11,16-17,22,28H,12-14H2,1-5H3/t16-,17-,22+/m1/s1. The molecule has 0 aliphatic carbocycles. The minimum absolute atomic E-state index is 0.0579. The van der Waals surface area contributed by atoms with Crippen molar-refractivity contribution in [2.24, 2.45) is 5.92 Å². The SMILES string of the molecule is CC(=O)N(C)C[C@@H]1Oc2ncc(-c3ccc(C)cc3)cc2C(=O)N([C@H](C)CO)C[C@H]1C. The molecule has 0 unspecified atom stereocenters. The van der Waals surface area contributed by atoms with Crippen LogP contribution < -0.4 is 4.74 Å². The van der Waals surface area contributed by atoms with Gasteiger partial charge in [0.2, 0.25) is 11.8 Å². The highest BCUT2D eigenvalue weighted by molar-refractivity contribution is 5.98. The summed E-state index contributed by atoms with van der Waals surface area (Å²) in [6.07, 6.45) is 1.36. The number of fused-ring (bicyclic) bond motifs is 1. The van der Waals surface area contributed by atoms with Crippen LogP contribution in [0.4, 0.5) is 0 Å². The van der Waals surface area contributed by atoms with Crippen LogP contribution in [0, 0.1) is 12.8 Å². The topological polar surface area (TPSA) is 83.0 Å². The van der Waals surface area contributed by atoms with Gasteiger partial charge in [0.1, 0.15) is 11.7 Å². The van der Waals surface area contributed by atoms with Gasteiger partial charge in [-0.2, -0.15) is 0 Å². The maximum atomic E-state index is 13.4. The molecule has 2 heterocycles. The summed E-state index contributed by atoms with van der Waals surface area (Å²) in [6, 6.07) is 9.46. The average molecular weight is 426 g/mol. The number of aliphatic hydroxyl groups excluding tert-OH is 1. The molecule has 3 atom stereocenters. The molecule has 2 amide bonds. The fourth-order valence-corrected chi connectivity index (χ4v) is 3.62. The lowest BCUT2D eigenvalue weighted by atomic mass is 9.99. The normalized spacial score (nSPS) is 19.7. The quantitative estimate of drug-likeness (QED) is 0.797. The lowest BCUT2D eigenvalue weighted by molar-refractivity contribution is -0.129. The number of aromatic nitrogens is 1. The minimum atomic E-state index is -0.352. The lowest BCUT2D eigenvalue weighted by Crippen LogP contribution is -2.50. The van der Waals surface area contributed by atoms with Crippen LogP contribution in [0.3, 0.4) is 0 Å². The Bertz CT molecular complexity index is 944. The zero-order valence-electron chi connectivity index (χ0n) is 18.8. The third-order valence-electron chi connectivity index (χ3n) is 5.90. The summed E-state index contributed by atoms with van der Waals surface area (Å²) in [7, 11) is 1.73. The van der Waals surface area contributed by atoms with Crippen molar-refractivity contribution < 1.29 is 19.4 Å². The Kier molecular flexibility index (Phi) is 6.95. The fourth-order valence-electron chi connectivity index (χ4n) is 3.62. The highest BCUT2D eigenvalue weighted by Gasteiger charge is 2.34. The number of pyridine rings is 1. The number of hydrogen-bond acceptors (Lipinski definition) is 5. The first-order valence-corrected chi connectivity index (χ1v) is 10.6. The highest BCUT2D eigenvalue weighted by Crippen LogP contribution is 2.30. The van der Waals surface area contributed by atoms with E-state index in [-0.39, 0.29) is 42.4 Å². The van der Waals surface area contributed by atoms with Gasteiger partial charge in [-0.15, -0.1) is 0 Å². The predicted molar refractivity (Wildman–Crippen MR) is 119 cm³/mol. The third-order valence-corrected chi connectivity index (χ3v) is 5.90. The number of benzene rings is 1. The number of carbonyl (C=O) groups excluding carboxylic acids is 2. The molecule has 2 aromatic rings. The molecule has 1 aromatic carbocycles. The van der Waals surface area contributed by atoms with Gasteiger partial charge in [0.25, 0.3) is 5.91 Å². The molecule has 0 bridgehead atoms. The molecule has 3 rings (SSSR count). The van der Waals surface area contributed by atoms with Crippen LogP contribution >= 0.6 is 0 Å². The van der Waals surface area contributed by atoms with Crippen molar-refractivity contribution in [3.63, 3.8) is 0 Å². The minimum Gasteiger partial charge on any atom is -0.472 e. The summed E-state index contributed by atoms with van der Waals surface area (Å²) in [5.74, 6) is -0.0865. The van der Waals surface area contributed by atoms with E-state index in [2.05, 4.69) is 4.98 Å². The van der Waals surface area contributed by atoms with E-state index in [1.165, 1.54) is 6.92 Å². The number of rotatable bonds is 5. The van der Waals surface area contributed by atoms with Gasteiger partial charge < -0.3 is 19.6 Å². The molecule has 0 fully saturated rings. The molecule has 0 radical (unpaired) electrons. The van der Waals surface area contributed by atoms with E-state index in [0.717, 1.165) is 16.7 Å². The van der Waals surface area contributed by atoms with Gasteiger partial charge in [-0.3, -0.25) is 9.59 Å². The molecular weight excluding hydrogens is 394 g/mol. The van der Waals surface area contributed by atoms with E-state index in [1.54, 1.807) is 29.1 Å². The first-order valence-electron chi connectivity index (χ1n) is 10.6. The van der Waals surface area contributed by atoms with Gasteiger partial charge >= 0.3 is 0 Å². The Labute approximate surface area is 183 Å². The summed E-state index contributed by atoms with van der Waals surface area (Å²) in [5.41, 5.74) is 3.29. The smallest absolute Gasteiger partial charge is 0.259 e. The van der Waals surface area contributed by atoms with Gasteiger partial charge in [-0.1, -0.05) is 36.8 Å². The highest BCUT2D eigenvalue weighted by atomic mass is 16.5. The number of nitrogens with zero attached hydrogens (tertiary/aromatic N) is 3. The molecule has 1 aliphatic rings. The van der Waals surface area contributed by atoms with Crippen LogP contribution in [0.2, 0.25) is 0 Å². The molecule has 1 N–H and O–H groups in total. The number of likely N-dealkylation sites (N-methyl/N-ethyl adjacent to an activating group) is 1. The van der Waals surface area contributed by atoms with Gasteiger partial charge in [0, 0.05) is 38.2 Å². The maximum Gasteiger partial charge on any atom is 0.259 e. The first kappa shape index (κ1) is 22.7. The zero-order chi connectivity index (χ0) is 22.7. The van der Waals surface area contributed by atoms with Crippen molar-refractivity contribution in [3.8, 4) is 17.0 Å². The zero-order valence-corrected chi connectivity index (χ0v) is 18.8. The summed E-state index contributed by atoms with van der Waals surface area (Å²) < 4.78 is 6.20. The van der Waals surface area contributed by atoms with Crippen molar-refractivity contribution in [2.75, 3.05) is 26.7 Å². The Morgan fingerprint density at radius 1 is 1.32 bits per heavy atom. The largest absolute Gasteiger partial charge is 0.472 e. The summed E-state index contributed by atoms with van der Waals surface area (Å²) >= 11 is 0. The van der Waals surface area contributed by atoms with Crippen LogP contribution in [0.5, 0.6) is 5.88 Å². The van der Waals surface area contributed by atoms with Gasteiger partial charge in [-0.25, -0.2) is 4.98 Å². The van der Waals surface area contributed by atoms with E-state index in [1.807, 2.05) is 45.0 Å². The number of carbonyl (C=O) groups is 2. The van der Waals surface area contributed by atoms with E-state index >= 15 is 0 Å². The van der Waals surface area contributed by atoms with E-state index in [0.29, 0.717) is 18.7 Å². The third kappa shape index (κ3) is 5.05. The van der Waals surface area contributed by atoms with Crippen LogP contribution in [0.15, 0.2) is 36.5 Å². The Morgan fingerprint density at radius 3 is 2.61 bits per heavy atom. The number of aryl methyl sites for hydroxylation is 1. The van der Waals surface area contributed by atoms with E-state index < -0.39 is 0 Å². The molecule has 7 heteroatoms. The van der Waals surface area contributed by atoms with Crippen molar-refractivity contribution in [1.82, 2.24) is 14.8 Å².